The predicted molar refractivity (Wildman–Crippen MR) is 291 cm³/mol. The fourth-order valence-corrected chi connectivity index (χ4v) is 11.2. The number of nitrogens with zero attached hydrogens (tertiary/aromatic N) is 9. The van der Waals surface area contributed by atoms with Crippen molar-refractivity contribution in [2.45, 2.75) is 50.7 Å². The second kappa shape index (κ2) is 34.6. The van der Waals surface area contributed by atoms with Crippen molar-refractivity contribution in [2.24, 2.45) is 0 Å². The van der Waals surface area contributed by atoms with Gasteiger partial charge in [-0.3, -0.25) is 13.9 Å². The second-order valence-electron chi connectivity index (χ2n) is 18.8. The predicted octanol–water partition coefficient (Wildman–Crippen LogP) is 2.62. The number of halogens is 4. The number of hydrogen-bond acceptors (Lipinski definition) is 24. The third-order valence-electron chi connectivity index (χ3n) is 12.5. The first-order valence-corrected chi connectivity index (χ1v) is 30.8. The van der Waals surface area contributed by atoms with Crippen LogP contribution in [-0.2, 0) is 85.5 Å². The van der Waals surface area contributed by atoms with E-state index in [0.717, 1.165) is 11.3 Å². The Balaban J connectivity index is 0.742. The molecule has 0 bridgehead atoms. The van der Waals surface area contributed by atoms with Gasteiger partial charge in [-0.15, -0.1) is 5.10 Å². The molecule has 85 heavy (non-hydrogen) atoms. The first kappa shape index (κ1) is 67.6. The van der Waals surface area contributed by atoms with Crippen LogP contribution in [0.25, 0.3) is 11.0 Å². The lowest BCUT2D eigenvalue weighted by Gasteiger charge is -2.32. The van der Waals surface area contributed by atoms with E-state index in [1.54, 1.807) is 10.9 Å². The molecular weight excluding hydrogens is 1200 g/mol. The van der Waals surface area contributed by atoms with Crippen LogP contribution in [0.2, 0.25) is 5.28 Å². The molecule has 5 aromatic rings. The van der Waals surface area contributed by atoms with Gasteiger partial charge in [0.15, 0.2) is 29.4 Å². The number of para-hydroxylation sites is 1. The van der Waals surface area contributed by atoms with Gasteiger partial charge in [0.2, 0.25) is 11.0 Å². The highest BCUT2D eigenvalue weighted by molar-refractivity contribution is 7.70. The molecule has 2 aromatic carbocycles. The molecule has 2 aliphatic heterocycles. The Morgan fingerprint density at radius 1 is 0.776 bits per heavy atom. The smallest absolute Gasteiger partial charge is 0.340 e. The van der Waals surface area contributed by atoms with Gasteiger partial charge in [-0.05, 0) is 23.2 Å². The third kappa shape index (κ3) is 22.3. The Bertz CT molecular complexity index is 2930. The normalized spacial score (nSPS) is 18.2. The van der Waals surface area contributed by atoms with E-state index < -0.39 is 81.4 Å². The number of ether oxygens (including phenoxy) is 11. The number of aliphatic hydroxyl groups is 2. The van der Waals surface area contributed by atoms with Gasteiger partial charge in [0, 0.05) is 44.0 Å². The molecule has 5 N–H and O–H groups in total. The molecule has 1 unspecified atom stereocenters. The number of carbonyl (C=O) groups is 1. The van der Waals surface area contributed by atoms with Gasteiger partial charge in [0.05, 0.1) is 156 Å². The van der Waals surface area contributed by atoms with E-state index in [0.29, 0.717) is 134 Å². The van der Waals surface area contributed by atoms with Crippen LogP contribution in [0.5, 0.6) is 5.75 Å². The molecule has 5 heterocycles. The number of esters is 1. The molecule has 0 amide bonds. The van der Waals surface area contributed by atoms with E-state index in [-0.39, 0.29) is 63.6 Å². The molecule has 5 atom stereocenters. The van der Waals surface area contributed by atoms with Gasteiger partial charge < -0.3 is 91.3 Å². The maximum atomic E-state index is 13.6. The number of hydrogen-bond donors (Lipinski definition) is 5. The van der Waals surface area contributed by atoms with Crippen LogP contribution in [-0.4, -0.2) is 228 Å². The number of aromatic nitrogens is 7. The number of morpholine rings is 1. The van der Waals surface area contributed by atoms with E-state index in [4.69, 9.17) is 73.3 Å². The SMILES string of the molecule is O=C(CCOCCOCCOCCOCCn1cc(COCCOCCOCCOCCN(Cc2ccccc2N2CCOCC2)c2nc(Cl)nc3c2cnn3[C@@H]2O[C@H](COP(=O)(O)CP(=O)(O)O)[C@@H](O)[C@H]2O)nn1)Oc1c(F)cc(F)cc1F. The van der Waals surface area contributed by atoms with Crippen molar-refractivity contribution in [3.63, 3.8) is 0 Å². The highest BCUT2D eigenvalue weighted by atomic mass is 35.5. The van der Waals surface area contributed by atoms with Crippen LogP contribution in [0.4, 0.5) is 24.7 Å². The standard InChI is InChI=1S/C50H69ClF3N9O20P2/c51-50-56-47(38-29-55-63(48(38)57-50)49-45(66)44(65)42(82-49)33-81-85(70,71)34-84(67,68)69)61(30-35-3-1-2-4-41(35)60-6-11-73-12-7-60)8-13-74-16-19-77-23-24-79-25-26-80-32-37-31-62(59-58-37)9-14-75-17-20-78-22-21-76-18-15-72-10-5-43(64)83-46-39(53)27-36(52)28-40(46)54/h1-4,27-29,31,42,44-45,49,65-66H,5-26,30,32-34H2,(H,70,71)(H2,67,68,69)/t42-,44-,45-,49-/m1/s1. The van der Waals surface area contributed by atoms with E-state index in [1.165, 1.54) is 10.9 Å². The molecule has 2 aliphatic rings. The minimum atomic E-state index is -4.93. The summed E-state index contributed by atoms with van der Waals surface area (Å²) in [7, 11) is -9.73. The van der Waals surface area contributed by atoms with Gasteiger partial charge in [0.25, 0.3) is 0 Å². The van der Waals surface area contributed by atoms with Crippen LogP contribution < -0.4 is 14.5 Å². The zero-order valence-corrected chi connectivity index (χ0v) is 48.6. The quantitative estimate of drug-likeness (QED) is 0.0124. The fourth-order valence-electron chi connectivity index (χ4n) is 8.46. The van der Waals surface area contributed by atoms with E-state index in [2.05, 4.69) is 35.0 Å². The Morgan fingerprint density at radius 3 is 2.02 bits per heavy atom. The molecule has 0 radical (unpaired) electrons. The highest BCUT2D eigenvalue weighted by Gasteiger charge is 2.46. The zero-order valence-electron chi connectivity index (χ0n) is 46.1. The Kier molecular flexibility index (Phi) is 27.5. The molecule has 0 aliphatic carbocycles. The van der Waals surface area contributed by atoms with Crippen molar-refractivity contribution in [3.8, 4) is 5.75 Å². The third-order valence-corrected chi connectivity index (χ3v) is 16.1. The van der Waals surface area contributed by atoms with Crippen molar-refractivity contribution in [1.29, 1.82) is 0 Å². The van der Waals surface area contributed by atoms with Gasteiger partial charge in [-0.25, -0.2) is 22.5 Å². The summed E-state index contributed by atoms with van der Waals surface area (Å²) in [6, 6.07) is 8.77. The second-order valence-corrected chi connectivity index (χ2v) is 23.1. The number of benzene rings is 2. The molecule has 472 valence electrons. The van der Waals surface area contributed by atoms with Gasteiger partial charge >= 0.3 is 21.2 Å². The number of anilines is 2. The first-order chi connectivity index (χ1) is 40.9. The molecule has 2 saturated heterocycles. The molecule has 35 heteroatoms. The summed E-state index contributed by atoms with van der Waals surface area (Å²) in [5.41, 5.74) is 2.74. The molecule has 0 spiro atoms. The molecular formula is C50H69ClF3N9O20P2. The van der Waals surface area contributed by atoms with Crippen LogP contribution in [0.3, 0.4) is 0 Å². The lowest BCUT2D eigenvalue weighted by molar-refractivity contribution is -0.136. The number of aliphatic hydroxyl groups excluding tert-OH is 2. The largest absolute Gasteiger partial charge is 0.420 e. The maximum Gasteiger partial charge on any atom is 0.340 e. The lowest BCUT2D eigenvalue weighted by Crippen LogP contribution is -2.37. The summed E-state index contributed by atoms with van der Waals surface area (Å²) in [6.45, 7) is 7.20. The molecule has 0 saturated carbocycles. The summed E-state index contributed by atoms with van der Waals surface area (Å²) in [5.74, 6) is -6.75. The topological polar surface area (TPSA) is 344 Å². The van der Waals surface area contributed by atoms with Crippen molar-refractivity contribution in [1.82, 2.24) is 34.7 Å². The van der Waals surface area contributed by atoms with Crippen molar-refractivity contribution >= 4 is 55.3 Å². The van der Waals surface area contributed by atoms with E-state index in [1.807, 2.05) is 29.2 Å². The molecule has 2 fully saturated rings. The monoisotopic (exact) mass is 1270 g/mol. The Labute approximate surface area is 490 Å². The van der Waals surface area contributed by atoms with E-state index >= 15 is 0 Å². The number of rotatable bonds is 40. The summed E-state index contributed by atoms with van der Waals surface area (Å²) in [5, 5.41) is 34.7. The number of carbonyl (C=O) groups excluding carboxylic acids is 1. The van der Waals surface area contributed by atoms with E-state index in [9.17, 15) is 42.2 Å². The van der Waals surface area contributed by atoms with Gasteiger partial charge in [0.1, 0.15) is 35.6 Å². The van der Waals surface area contributed by atoms with Gasteiger partial charge in [-0.2, -0.15) is 15.1 Å². The van der Waals surface area contributed by atoms with Crippen LogP contribution >= 0.6 is 26.8 Å². The fraction of sp³-hybridized carbons (Fsp3) is 0.600. The van der Waals surface area contributed by atoms with Crippen molar-refractivity contribution in [3.05, 3.63) is 82.8 Å². The first-order valence-electron chi connectivity index (χ1n) is 26.9. The molecule has 7 rings (SSSR count). The van der Waals surface area contributed by atoms with Crippen molar-refractivity contribution in [2.75, 3.05) is 154 Å². The molecule has 3 aromatic heterocycles. The summed E-state index contributed by atoms with van der Waals surface area (Å²) < 4.78 is 132. The highest BCUT2D eigenvalue weighted by Crippen LogP contribution is 2.55. The van der Waals surface area contributed by atoms with Gasteiger partial charge in [-0.1, -0.05) is 23.4 Å². The molecule has 29 nitrogen and oxygen atoms in total. The number of fused-ring (bicyclic) bond motifs is 1. The summed E-state index contributed by atoms with van der Waals surface area (Å²) in [4.78, 5) is 53.3. The average Bonchev–Trinajstić information content (AvgIpc) is 3.09. The Hall–Kier alpha value is -4.90. The minimum absolute atomic E-state index is 0.0685. The maximum absolute atomic E-state index is 13.6. The summed E-state index contributed by atoms with van der Waals surface area (Å²) in [6.07, 6.45) is -3.16. The van der Waals surface area contributed by atoms with Crippen LogP contribution in [0.15, 0.2) is 48.8 Å². The van der Waals surface area contributed by atoms with Crippen LogP contribution in [0.1, 0.15) is 23.9 Å². The minimum Gasteiger partial charge on any atom is -0.420 e. The Morgan fingerprint density at radius 2 is 1.38 bits per heavy atom. The zero-order chi connectivity index (χ0) is 60.6. The van der Waals surface area contributed by atoms with Crippen LogP contribution in [0, 0.1) is 17.5 Å². The van der Waals surface area contributed by atoms with Crippen molar-refractivity contribution < 1.29 is 109 Å². The average molecular weight is 1270 g/mol. The summed E-state index contributed by atoms with van der Waals surface area (Å²) >= 11 is 6.57. The lowest BCUT2D eigenvalue weighted by atomic mass is 10.1.